The van der Waals surface area contributed by atoms with E-state index in [1.165, 1.54) is 11.1 Å². The highest BCUT2D eigenvalue weighted by atomic mass is 16.5. The number of aryl methyl sites for hydroxylation is 2. The number of rotatable bonds is 5. The summed E-state index contributed by atoms with van der Waals surface area (Å²) in [6.07, 6.45) is 1.00. The average molecular weight is 256 g/mol. The molecule has 0 heterocycles. The van der Waals surface area contributed by atoms with E-state index in [0.29, 0.717) is 6.61 Å². The van der Waals surface area contributed by atoms with E-state index in [1.807, 2.05) is 18.2 Å². The summed E-state index contributed by atoms with van der Waals surface area (Å²) in [4.78, 5) is 0. The van der Waals surface area contributed by atoms with Crippen molar-refractivity contribution < 1.29 is 9.47 Å². The van der Waals surface area contributed by atoms with E-state index in [0.717, 1.165) is 23.5 Å². The second kappa shape index (κ2) is 6.28. The summed E-state index contributed by atoms with van der Waals surface area (Å²) in [5, 5.41) is 0. The SMILES string of the molecule is CCc1cc(OC)c(OCc2ccccc2)cc1C. The van der Waals surface area contributed by atoms with Crippen LogP contribution in [0.3, 0.4) is 0 Å². The van der Waals surface area contributed by atoms with Crippen molar-refractivity contribution in [1.82, 2.24) is 0 Å². The minimum absolute atomic E-state index is 0.558. The van der Waals surface area contributed by atoms with E-state index >= 15 is 0 Å². The van der Waals surface area contributed by atoms with Gasteiger partial charge in [0.15, 0.2) is 11.5 Å². The number of hydrogen-bond donors (Lipinski definition) is 0. The van der Waals surface area contributed by atoms with Crippen molar-refractivity contribution in [3.8, 4) is 11.5 Å². The lowest BCUT2D eigenvalue weighted by Gasteiger charge is -2.14. The maximum atomic E-state index is 5.87. The quantitative estimate of drug-likeness (QED) is 0.800. The molecule has 0 radical (unpaired) electrons. The van der Waals surface area contributed by atoms with Gasteiger partial charge in [0.1, 0.15) is 6.61 Å². The fraction of sp³-hybridized carbons (Fsp3) is 0.294. The van der Waals surface area contributed by atoms with Crippen molar-refractivity contribution >= 4 is 0 Å². The molecular formula is C17H20O2. The monoisotopic (exact) mass is 256 g/mol. The Hall–Kier alpha value is -1.96. The molecule has 2 aromatic carbocycles. The molecule has 2 aromatic rings. The standard InChI is InChI=1S/C17H20O2/c1-4-15-11-16(18-3)17(10-13(15)2)19-12-14-8-6-5-7-9-14/h5-11H,4,12H2,1-3H3. The minimum atomic E-state index is 0.558. The van der Waals surface area contributed by atoms with E-state index in [-0.39, 0.29) is 0 Å². The molecule has 0 aliphatic heterocycles. The van der Waals surface area contributed by atoms with Crippen LogP contribution in [0.4, 0.5) is 0 Å². The molecule has 2 heteroatoms. The van der Waals surface area contributed by atoms with Crippen LogP contribution in [0, 0.1) is 6.92 Å². The van der Waals surface area contributed by atoms with Crippen molar-refractivity contribution in [3.63, 3.8) is 0 Å². The Bertz CT molecular complexity index is 532. The summed E-state index contributed by atoms with van der Waals surface area (Å²) >= 11 is 0. The maximum Gasteiger partial charge on any atom is 0.161 e. The molecule has 0 saturated carbocycles. The third-order valence-corrected chi connectivity index (χ3v) is 3.24. The lowest BCUT2D eigenvalue weighted by atomic mass is 10.1. The van der Waals surface area contributed by atoms with Gasteiger partial charge in [0.2, 0.25) is 0 Å². The van der Waals surface area contributed by atoms with Gasteiger partial charge in [0.25, 0.3) is 0 Å². The van der Waals surface area contributed by atoms with Gasteiger partial charge >= 0.3 is 0 Å². The Labute approximate surface area is 115 Å². The van der Waals surface area contributed by atoms with Crippen molar-refractivity contribution in [1.29, 1.82) is 0 Å². The second-order valence-electron chi connectivity index (χ2n) is 4.56. The van der Waals surface area contributed by atoms with E-state index in [4.69, 9.17) is 9.47 Å². The van der Waals surface area contributed by atoms with Gasteiger partial charge in [-0.1, -0.05) is 37.3 Å². The lowest BCUT2D eigenvalue weighted by molar-refractivity contribution is 0.284. The van der Waals surface area contributed by atoms with Gasteiger partial charge in [0, 0.05) is 0 Å². The molecule has 19 heavy (non-hydrogen) atoms. The van der Waals surface area contributed by atoms with Crippen molar-refractivity contribution in [2.24, 2.45) is 0 Å². The predicted molar refractivity (Wildman–Crippen MR) is 77.9 cm³/mol. The molecular weight excluding hydrogens is 236 g/mol. The van der Waals surface area contributed by atoms with Crippen LogP contribution < -0.4 is 9.47 Å². The molecule has 0 aromatic heterocycles. The molecule has 0 fully saturated rings. The molecule has 2 rings (SSSR count). The molecule has 2 nitrogen and oxygen atoms in total. The van der Waals surface area contributed by atoms with Gasteiger partial charge < -0.3 is 9.47 Å². The van der Waals surface area contributed by atoms with Crippen LogP contribution in [-0.2, 0) is 13.0 Å². The summed E-state index contributed by atoms with van der Waals surface area (Å²) in [6, 6.07) is 14.3. The topological polar surface area (TPSA) is 18.5 Å². The predicted octanol–water partition coefficient (Wildman–Crippen LogP) is 4.15. The Kier molecular flexibility index (Phi) is 4.45. The van der Waals surface area contributed by atoms with Crippen LogP contribution in [0.2, 0.25) is 0 Å². The summed E-state index contributed by atoms with van der Waals surface area (Å²) in [6.45, 7) is 4.81. The van der Waals surface area contributed by atoms with Crippen LogP contribution in [0.25, 0.3) is 0 Å². The van der Waals surface area contributed by atoms with Gasteiger partial charge in [-0.05, 0) is 42.2 Å². The van der Waals surface area contributed by atoms with Crippen LogP contribution in [-0.4, -0.2) is 7.11 Å². The molecule has 0 saturated heterocycles. The molecule has 0 N–H and O–H groups in total. The first-order chi connectivity index (χ1) is 9.24. The van der Waals surface area contributed by atoms with Gasteiger partial charge in [-0.25, -0.2) is 0 Å². The van der Waals surface area contributed by atoms with Gasteiger partial charge in [-0.2, -0.15) is 0 Å². The number of hydrogen-bond acceptors (Lipinski definition) is 2. The van der Waals surface area contributed by atoms with Crippen LogP contribution in [0.5, 0.6) is 11.5 Å². The van der Waals surface area contributed by atoms with Crippen LogP contribution in [0.1, 0.15) is 23.6 Å². The zero-order chi connectivity index (χ0) is 13.7. The Balaban J connectivity index is 2.18. The van der Waals surface area contributed by atoms with Crippen molar-refractivity contribution in [2.75, 3.05) is 7.11 Å². The average Bonchev–Trinajstić information content (AvgIpc) is 2.46. The number of benzene rings is 2. The largest absolute Gasteiger partial charge is 0.493 e. The zero-order valence-electron chi connectivity index (χ0n) is 11.8. The molecule has 0 spiro atoms. The molecule has 100 valence electrons. The van der Waals surface area contributed by atoms with Crippen LogP contribution >= 0.6 is 0 Å². The highest BCUT2D eigenvalue weighted by Gasteiger charge is 2.08. The van der Waals surface area contributed by atoms with Crippen LogP contribution in [0.15, 0.2) is 42.5 Å². The molecule has 0 bridgehead atoms. The Morgan fingerprint density at radius 3 is 2.37 bits per heavy atom. The fourth-order valence-corrected chi connectivity index (χ4v) is 2.09. The summed E-state index contributed by atoms with van der Waals surface area (Å²) < 4.78 is 11.3. The molecule has 0 atom stereocenters. The minimum Gasteiger partial charge on any atom is -0.493 e. The third-order valence-electron chi connectivity index (χ3n) is 3.24. The van der Waals surface area contributed by atoms with E-state index < -0.39 is 0 Å². The van der Waals surface area contributed by atoms with E-state index in [1.54, 1.807) is 7.11 Å². The molecule has 0 aliphatic rings. The summed E-state index contributed by atoms with van der Waals surface area (Å²) in [5.41, 5.74) is 3.69. The summed E-state index contributed by atoms with van der Waals surface area (Å²) in [5.74, 6) is 1.61. The van der Waals surface area contributed by atoms with Crippen molar-refractivity contribution in [3.05, 3.63) is 59.2 Å². The summed E-state index contributed by atoms with van der Waals surface area (Å²) in [7, 11) is 1.68. The lowest BCUT2D eigenvalue weighted by Crippen LogP contribution is -1.99. The van der Waals surface area contributed by atoms with E-state index in [2.05, 4.69) is 38.1 Å². The zero-order valence-corrected chi connectivity index (χ0v) is 11.8. The highest BCUT2D eigenvalue weighted by molar-refractivity contribution is 5.47. The molecule has 0 aliphatic carbocycles. The van der Waals surface area contributed by atoms with Crippen molar-refractivity contribution in [2.45, 2.75) is 26.9 Å². The first-order valence-corrected chi connectivity index (χ1v) is 6.58. The van der Waals surface area contributed by atoms with Gasteiger partial charge in [-0.3, -0.25) is 0 Å². The first kappa shape index (κ1) is 13.5. The van der Waals surface area contributed by atoms with Gasteiger partial charge in [-0.15, -0.1) is 0 Å². The number of methoxy groups -OCH3 is 1. The van der Waals surface area contributed by atoms with E-state index in [9.17, 15) is 0 Å². The Morgan fingerprint density at radius 1 is 1.00 bits per heavy atom. The first-order valence-electron chi connectivity index (χ1n) is 6.58. The fourth-order valence-electron chi connectivity index (χ4n) is 2.09. The second-order valence-corrected chi connectivity index (χ2v) is 4.56. The molecule has 0 unspecified atom stereocenters. The smallest absolute Gasteiger partial charge is 0.161 e. The normalized spacial score (nSPS) is 10.3. The van der Waals surface area contributed by atoms with Gasteiger partial charge in [0.05, 0.1) is 7.11 Å². The number of ether oxygens (including phenoxy) is 2. The Morgan fingerprint density at radius 2 is 1.74 bits per heavy atom. The highest BCUT2D eigenvalue weighted by Crippen LogP contribution is 2.31. The molecule has 0 amide bonds. The third kappa shape index (κ3) is 3.28. The maximum absolute atomic E-state index is 5.87.